The van der Waals surface area contributed by atoms with Crippen molar-refractivity contribution in [2.75, 3.05) is 29.9 Å². The number of nitrogens with one attached hydrogen (secondary N) is 2. The largest absolute Gasteiger partial charge is 0.356 e. The number of thiazole rings is 1. The molecule has 1 fully saturated rings. The number of amides is 2. The van der Waals surface area contributed by atoms with Crippen molar-refractivity contribution in [3.63, 3.8) is 0 Å². The molecule has 1 atom stereocenters. The zero-order valence-corrected chi connectivity index (χ0v) is 19.9. The van der Waals surface area contributed by atoms with Crippen molar-refractivity contribution in [3.05, 3.63) is 46.0 Å². The molecule has 1 aliphatic heterocycles. The number of piperidine rings is 1. The molecule has 0 saturated carbocycles. The van der Waals surface area contributed by atoms with E-state index < -0.39 is 0 Å². The van der Waals surface area contributed by atoms with E-state index in [9.17, 15) is 14.4 Å². The average molecular weight is 469 g/mol. The fourth-order valence-corrected chi connectivity index (χ4v) is 4.94. The van der Waals surface area contributed by atoms with Crippen LogP contribution < -0.4 is 21.1 Å². The van der Waals surface area contributed by atoms with Crippen LogP contribution in [0.1, 0.15) is 30.9 Å². The van der Waals surface area contributed by atoms with E-state index in [0.717, 1.165) is 30.5 Å². The van der Waals surface area contributed by atoms with Gasteiger partial charge in [-0.15, -0.1) is 0 Å². The van der Waals surface area contributed by atoms with Gasteiger partial charge in [0.15, 0.2) is 10.8 Å². The van der Waals surface area contributed by atoms with Crippen molar-refractivity contribution in [1.29, 1.82) is 0 Å². The molecule has 0 radical (unpaired) electrons. The minimum atomic E-state index is -0.299. The maximum Gasteiger partial charge on any atom is 0.273 e. The highest BCUT2D eigenvalue weighted by Gasteiger charge is 2.27. The van der Waals surface area contributed by atoms with Crippen LogP contribution in [0.3, 0.4) is 0 Å². The number of carbonyl (C=O) groups is 2. The first-order valence-electron chi connectivity index (χ1n) is 11.1. The SMILES string of the molecule is CCNC(=O)[C@H]1CCCN(c2nc3ncn(CC(=O)Nc4ccc(C)c(C)c4)c(=O)c3s2)C1. The summed E-state index contributed by atoms with van der Waals surface area (Å²) < 4.78 is 1.71. The molecule has 1 aromatic carbocycles. The van der Waals surface area contributed by atoms with Crippen LogP contribution in [0, 0.1) is 19.8 Å². The Bertz CT molecular complexity index is 1250. The molecule has 4 rings (SSSR count). The van der Waals surface area contributed by atoms with Gasteiger partial charge in [-0.3, -0.25) is 19.0 Å². The number of aromatic nitrogens is 3. The van der Waals surface area contributed by atoms with Gasteiger partial charge in [0.2, 0.25) is 11.8 Å². The van der Waals surface area contributed by atoms with Gasteiger partial charge in [0.1, 0.15) is 17.6 Å². The second kappa shape index (κ2) is 9.70. The first-order chi connectivity index (χ1) is 15.9. The maximum absolute atomic E-state index is 13.0. The Balaban J connectivity index is 1.50. The molecule has 33 heavy (non-hydrogen) atoms. The minimum Gasteiger partial charge on any atom is -0.356 e. The maximum atomic E-state index is 13.0. The van der Waals surface area contributed by atoms with E-state index in [1.807, 2.05) is 43.9 Å². The van der Waals surface area contributed by atoms with Gasteiger partial charge in [0.05, 0.1) is 5.92 Å². The van der Waals surface area contributed by atoms with E-state index >= 15 is 0 Å². The molecular formula is C23H28N6O3S. The fourth-order valence-electron chi connectivity index (χ4n) is 3.94. The second-order valence-electron chi connectivity index (χ2n) is 8.35. The van der Waals surface area contributed by atoms with Gasteiger partial charge >= 0.3 is 0 Å². The van der Waals surface area contributed by atoms with Gasteiger partial charge in [-0.2, -0.15) is 4.98 Å². The fraction of sp³-hybridized carbons (Fsp3) is 0.435. The van der Waals surface area contributed by atoms with Gasteiger partial charge < -0.3 is 15.5 Å². The summed E-state index contributed by atoms with van der Waals surface area (Å²) in [5.41, 5.74) is 2.99. The molecule has 2 N–H and O–H groups in total. The number of benzene rings is 1. The summed E-state index contributed by atoms with van der Waals surface area (Å²) in [4.78, 5) is 48.7. The van der Waals surface area contributed by atoms with Crippen LogP contribution in [0.25, 0.3) is 10.3 Å². The average Bonchev–Trinajstić information content (AvgIpc) is 3.24. The van der Waals surface area contributed by atoms with E-state index in [1.165, 1.54) is 22.2 Å². The molecule has 0 spiro atoms. The summed E-state index contributed by atoms with van der Waals surface area (Å²) in [6.07, 6.45) is 3.09. The summed E-state index contributed by atoms with van der Waals surface area (Å²) in [6, 6.07) is 5.69. The first kappa shape index (κ1) is 22.9. The minimum absolute atomic E-state index is 0.0542. The summed E-state index contributed by atoms with van der Waals surface area (Å²) in [5, 5.41) is 6.40. The lowest BCUT2D eigenvalue weighted by Crippen LogP contribution is -2.43. The molecular weight excluding hydrogens is 440 g/mol. The zero-order valence-electron chi connectivity index (χ0n) is 19.1. The van der Waals surface area contributed by atoms with Crippen LogP contribution in [0.15, 0.2) is 29.3 Å². The summed E-state index contributed by atoms with van der Waals surface area (Å²) >= 11 is 1.26. The monoisotopic (exact) mass is 468 g/mol. The summed E-state index contributed by atoms with van der Waals surface area (Å²) in [7, 11) is 0. The molecule has 3 heterocycles. The van der Waals surface area contributed by atoms with Crippen LogP contribution in [-0.4, -0.2) is 46.0 Å². The Morgan fingerprint density at radius 1 is 1.24 bits per heavy atom. The summed E-state index contributed by atoms with van der Waals surface area (Å²) in [5.74, 6) is -0.338. The van der Waals surface area contributed by atoms with Crippen LogP contribution in [0.5, 0.6) is 0 Å². The molecule has 0 aliphatic carbocycles. The first-order valence-corrected chi connectivity index (χ1v) is 11.9. The highest BCUT2D eigenvalue weighted by Crippen LogP contribution is 2.29. The number of anilines is 2. The van der Waals surface area contributed by atoms with Crippen LogP contribution in [-0.2, 0) is 16.1 Å². The summed E-state index contributed by atoms with van der Waals surface area (Å²) in [6.45, 7) is 7.72. The molecule has 2 aromatic heterocycles. The number of nitrogens with zero attached hydrogens (tertiary/aromatic N) is 4. The van der Waals surface area contributed by atoms with Gasteiger partial charge in [-0.05, 0) is 56.9 Å². The normalized spacial score (nSPS) is 16.1. The number of aryl methyl sites for hydroxylation is 2. The van der Waals surface area contributed by atoms with Crippen LogP contribution >= 0.6 is 11.3 Å². The topological polar surface area (TPSA) is 109 Å². The highest BCUT2D eigenvalue weighted by atomic mass is 32.1. The third-order valence-corrected chi connectivity index (χ3v) is 6.98. The van der Waals surface area contributed by atoms with E-state index in [1.54, 1.807) is 0 Å². The predicted molar refractivity (Wildman–Crippen MR) is 130 cm³/mol. The molecule has 9 nitrogen and oxygen atoms in total. The van der Waals surface area contributed by atoms with E-state index in [4.69, 9.17) is 0 Å². The molecule has 2 amide bonds. The third kappa shape index (κ3) is 5.05. The zero-order chi connectivity index (χ0) is 23.5. The Morgan fingerprint density at radius 3 is 2.82 bits per heavy atom. The van der Waals surface area contributed by atoms with E-state index in [2.05, 4.69) is 20.6 Å². The van der Waals surface area contributed by atoms with Crippen LogP contribution in [0.4, 0.5) is 10.8 Å². The number of rotatable bonds is 6. The molecule has 1 saturated heterocycles. The van der Waals surface area contributed by atoms with E-state index in [-0.39, 0.29) is 29.8 Å². The second-order valence-corrected chi connectivity index (χ2v) is 9.33. The van der Waals surface area contributed by atoms with Crippen molar-refractivity contribution < 1.29 is 9.59 Å². The Morgan fingerprint density at radius 2 is 2.06 bits per heavy atom. The van der Waals surface area contributed by atoms with Crippen molar-refractivity contribution in [3.8, 4) is 0 Å². The number of hydrogen-bond acceptors (Lipinski definition) is 7. The molecule has 0 bridgehead atoms. The number of hydrogen-bond donors (Lipinski definition) is 2. The van der Waals surface area contributed by atoms with Gasteiger partial charge in [-0.1, -0.05) is 17.4 Å². The lowest BCUT2D eigenvalue weighted by molar-refractivity contribution is -0.125. The molecule has 3 aromatic rings. The lowest BCUT2D eigenvalue weighted by atomic mass is 9.97. The van der Waals surface area contributed by atoms with Gasteiger partial charge in [0, 0.05) is 25.3 Å². The van der Waals surface area contributed by atoms with E-state index in [0.29, 0.717) is 34.3 Å². The van der Waals surface area contributed by atoms with Gasteiger partial charge in [0.25, 0.3) is 5.56 Å². The van der Waals surface area contributed by atoms with Crippen LogP contribution in [0.2, 0.25) is 0 Å². The molecule has 10 heteroatoms. The van der Waals surface area contributed by atoms with Gasteiger partial charge in [-0.25, -0.2) is 4.98 Å². The molecule has 1 aliphatic rings. The smallest absolute Gasteiger partial charge is 0.273 e. The molecule has 174 valence electrons. The Kier molecular flexibility index (Phi) is 6.73. The predicted octanol–water partition coefficient (Wildman–Crippen LogP) is 2.46. The van der Waals surface area contributed by atoms with Crippen molar-refractivity contribution in [1.82, 2.24) is 19.9 Å². The highest BCUT2D eigenvalue weighted by molar-refractivity contribution is 7.22. The standard InChI is InChI=1S/C23H28N6O3S/c1-4-24-21(31)16-6-5-9-28(11-16)23-27-20-19(33-23)22(32)29(13-25-20)12-18(30)26-17-8-7-14(2)15(3)10-17/h7-8,10,13,16H,4-6,9,11-12H2,1-3H3,(H,24,31)(H,26,30)/t16-/m0/s1. The number of carbonyl (C=O) groups excluding carboxylic acids is 2. The Labute approximate surface area is 195 Å². The van der Waals surface area contributed by atoms with Crippen molar-refractivity contribution in [2.45, 2.75) is 40.2 Å². The molecule has 0 unspecified atom stereocenters. The quantitative estimate of drug-likeness (QED) is 0.575. The lowest BCUT2D eigenvalue weighted by Gasteiger charge is -2.31. The van der Waals surface area contributed by atoms with Crippen molar-refractivity contribution in [2.24, 2.45) is 5.92 Å². The Hall–Kier alpha value is -3.27. The number of fused-ring (bicyclic) bond motifs is 1. The third-order valence-electron chi connectivity index (χ3n) is 5.89. The van der Waals surface area contributed by atoms with Crippen molar-refractivity contribution >= 4 is 44.3 Å².